The molecule has 0 N–H and O–H groups in total. The molecule has 5 heteroatoms. The molecule has 0 aliphatic rings. The zero-order valence-electron chi connectivity index (χ0n) is 6.90. The van der Waals surface area contributed by atoms with E-state index in [0.29, 0.717) is 10.7 Å². The summed E-state index contributed by atoms with van der Waals surface area (Å²) >= 11 is 5.57. The normalized spacial score (nSPS) is 7.77. The van der Waals surface area contributed by atoms with Crippen LogP contribution in [0.25, 0.3) is 4.98 Å². The maximum Gasteiger partial charge on any atom is 0.403 e. The SMILES string of the molecule is CC(=O)[O-].N#[N+]c1ccccc1Cl. The molecule has 0 aliphatic carbocycles. The molecule has 0 atom stereocenters. The summed E-state index contributed by atoms with van der Waals surface area (Å²) in [6, 6.07) is 6.82. The molecule has 1 aromatic carbocycles. The number of carboxylic acid groups (broad SMARTS) is 1. The van der Waals surface area contributed by atoms with Gasteiger partial charge in [0.15, 0.2) is 4.98 Å². The van der Waals surface area contributed by atoms with E-state index in [1.165, 1.54) is 0 Å². The van der Waals surface area contributed by atoms with E-state index in [1.54, 1.807) is 24.3 Å². The van der Waals surface area contributed by atoms with Crippen molar-refractivity contribution in [3.8, 4) is 0 Å². The number of carboxylic acids is 1. The largest absolute Gasteiger partial charge is 0.550 e. The summed E-state index contributed by atoms with van der Waals surface area (Å²) in [6.07, 6.45) is 0. The van der Waals surface area contributed by atoms with Crippen molar-refractivity contribution in [3.63, 3.8) is 0 Å². The Kier molecular flexibility index (Phi) is 5.24. The van der Waals surface area contributed by atoms with Crippen LogP contribution in [0.1, 0.15) is 6.92 Å². The van der Waals surface area contributed by atoms with E-state index in [9.17, 15) is 0 Å². The number of carbonyl (C=O) groups is 1. The van der Waals surface area contributed by atoms with Crippen molar-refractivity contribution in [2.24, 2.45) is 0 Å². The van der Waals surface area contributed by atoms with Gasteiger partial charge in [-0.15, -0.1) is 0 Å². The lowest BCUT2D eigenvalue weighted by molar-refractivity contribution is -0.302. The first kappa shape index (κ1) is 11.4. The summed E-state index contributed by atoms with van der Waals surface area (Å²) in [7, 11) is 0. The molecule has 0 aromatic heterocycles. The molecule has 0 aliphatic heterocycles. The lowest BCUT2D eigenvalue weighted by Crippen LogP contribution is -2.16. The highest BCUT2D eigenvalue weighted by molar-refractivity contribution is 6.33. The number of nitrogens with zero attached hydrogens (tertiary/aromatic N) is 2. The second-order valence-corrected chi connectivity index (χ2v) is 2.45. The van der Waals surface area contributed by atoms with Crippen LogP contribution in [0.5, 0.6) is 0 Å². The van der Waals surface area contributed by atoms with Crippen LogP contribution in [0, 0.1) is 5.39 Å². The molecule has 0 saturated carbocycles. The number of benzene rings is 1. The van der Waals surface area contributed by atoms with Crippen LogP contribution in [0.15, 0.2) is 24.3 Å². The first-order valence-corrected chi connectivity index (χ1v) is 3.73. The zero-order chi connectivity index (χ0) is 10.3. The highest BCUT2D eigenvalue weighted by atomic mass is 35.5. The smallest absolute Gasteiger partial charge is 0.403 e. The van der Waals surface area contributed by atoms with E-state index in [4.69, 9.17) is 26.9 Å². The van der Waals surface area contributed by atoms with Gasteiger partial charge in [0.2, 0.25) is 5.39 Å². The van der Waals surface area contributed by atoms with Gasteiger partial charge < -0.3 is 9.90 Å². The van der Waals surface area contributed by atoms with E-state index in [0.717, 1.165) is 6.92 Å². The van der Waals surface area contributed by atoms with E-state index in [-0.39, 0.29) is 0 Å². The Morgan fingerprint density at radius 3 is 2.31 bits per heavy atom. The van der Waals surface area contributed by atoms with Gasteiger partial charge in [-0.1, -0.05) is 23.7 Å². The van der Waals surface area contributed by atoms with Crippen LogP contribution < -0.4 is 5.11 Å². The minimum atomic E-state index is -1.08. The Hall–Kier alpha value is -1.60. The number of diazo groups is 1. The zero-order valence-corrected chi connectivity index (χ0v) is 7.65. The third-order valence-corrected chi connectivity index (χ3v) is 1.28. The Bertz CT molecular complexity index is 329. The summed E-state index contributed by atoms with van der Waals surface area (Å²) in [4.78, 5) is 11.8. The minimum Gasteiger partial charge on any atom is -0.550 e. The van der Waals surface area contributed by atoms with E-state index in [1.807, 2.05) is 0 Å². The third kappa shape index (κ3) is 5.65. The van der Waals surface area contributed by atoms with Crippen molar-refractivity contribution < 1.29 is 9.90 Å². The molecule has 1 rings (SSSR count). The van der Waals surface area contributed by atoms with Crippen molar-refractivity contribution in [3.05, 3.63) is 34.3 Å². The Morgan fingerprint density at radius 2 is 2.00 bits per heavy atom. The Labute approximate surface area is 80.4 Å². The highest BCUT2D eigenvalue weighted by Crippen LogP contribution is 2.22. The van der Waals surface area contributed by atoms with Gasteiger partial charge in [-0.3, -0.25) is 0 Å². The topological polar surface area (TPSA) is 68.3 Å². The lowest BCUT2D eigenvalue weighted by atomic mass is 10.3. The Morgan fingerprint density at radius 1 is 1.54 bits per heavy atom. The fourth-order valence-corrected chi connectivity index (χ4v) is 0.706. The summed E-state index contributed by atoms with van der Waals surface area (Å²) in [5.74, 6) is -1.08. The van der Waals surface area contributed by atoms with Crippen molar-refractivity contribution in [1.29, 1.82) is 5.39 Å². The molecule has 0 radical (unpaired) electrons. The number of hydrogen-bond acceptors (Lipinski definition) is 3. The number of hydrogen-bond donors (Lipinski definition) is 0. The van der Waals surface area contributed by atoms with Crippen LogP contribution in [0.2, 0.25) is 5.02 Å². The quantitative estimate of drug-likeness (QED) is 0.595. The van der Waals surface area contributed by atoms with Gasteiger partial charge in [-0.05, 0) is 13.0 Å². The second kappa shape index (κ2) is 5.98. The van der Waals surface area contributed by atoms with Gasteiger partial charge in [0, 0.05) is 12.0 Å². The average molecular weight is 199 g/mol. The summed E-state index contributed by atoms with van der Waals surface area (Å²) in [5.41, 5.74) is 0.402. The maximum atomic E-state index is 8.89. The van der Waals surface area contributed by atoms with Gasteiger partial charge in [-0.2, -0.15) is 0 Å². The van der Waals surface area contributed by atoms with Gasteiger partial charge in [0.25, 0.3) is 0 Å². The predicted octanol–water partition coefficient (Wildman–Crippen LogP) is 1.58. The fraction of sp³-hybridized carbons (Fsp3) is 0.125. The second-order valence-electron chi connectivity index (χ2n) is 2.04. The molecule has 0 amide bonds. The van der Waals surface area contributed by atoms with E-state index >= 15 is 0 Å². The molecular weight excluding hydrogens is 192 g/mol. The first-order valence-electron chi connectivity index (χ1n) is 3.35. The van der Waals surface area contributed by atoms with Crippen molar-refractivity contribution in [2.45, 2.75) is 6.92 Å². The molecule has 0 bridgehead atoms. The lowest BCUT2D eigenvalue weighted by Gasteiger charge is -1.78. The predicted molar refractivity (Wildman–Crippen MR) is 46.9 cm³/mol. The molecule has 4 nitrogen and oxygen atoms in total. The van der Waals surface area contributed by atoms with Crippen molar-refractivity contribution in [1.82, 2.24) is 0 Å². The van der Waals surface area contributed by atoms with Crippen LogP contribution >= 0.6 is 11.6 Å². The summed E-state index contributed by atoms with van der Waals surface area (Å²) < 4.78 is 0. The van der Waals surface area contributed by atoms with E-state index in [2.05, 4.69) is 4.98 Å². The molecule has 0 unspecified atom stereocenters. The maximum absolute atomic E-state index is 8.89. The minimum absolute atomic E-state index is 0.402. The number of halogens is 1. The summed E-state index contributed by atoms with van der Waals surface area (Å²) in [5, 5.41) is 17.6. The molecule has 0 saturated heterocycles. The molecule has 68 valence electrons. The van der Waals surface area contributed by atoms with Crippen molar-refractivity contribution in [2.75, 3.05) is 0 Å². The highest BCUT2D eigenvalue weighted by Gasteiger charge is 2.07. The monoisotopic (exact) mass is 198 g/mol. The van der Waals surface area contributed by atoms with Gasteiger partial charge in [-0.25, -0.2) is 0 Å². The van der Waals surface area contributed by atoms with E-state index < -0.39 is 5.97 Å². The molecular formula is C8H7ClN2O2. The van der Waals surface area contributed by atoms with Crippen LogP contribution in [-0.4, -0.2) is 5.97 Å². The fourth-order valence-electron chi connectivity index (χ4n) is 0.533. The standard InChI is InChI=1S/C6H4ClN2.C2H4O2/c7-5-3-1-2-4-6(5)9-8;1-2(3)4/h1-4H;1H3,(H,3,4)/q+1;/p-1. The number of carbonyl (C=O) groups excluding carboxylic acids is 1. The van der Waals surface area contributed by atoms with Crippen LogP contribution in [-0.2, 0) is 4.79 Å². The molecule has 0 fully saturated rings. The van der Waals surface area contributed by atoms with Crippen molar-refractivity contribution >= 4 is 23.3 Å². The number of rotatable bonds is 0. The van der Waals surface area contributed by atoms with Gasteiger partial charge >= 0.3 is 5.69 Å². The molecule has 0 heterocycles. The molecule has 1 aromatic rings. The first-order chi connectivity index (χ1) is 6.07. The average Bonchev–Trinajstić information content (AvgIpc) is 2.04. The molecule has 0 spiro atoms. The third-order valence-electron chi connectivity index (χ3n) is 0.960. The van der Waals surface area contributed by atoms with Gasteiger partial charge in [0.1, 0.15) is 5.02 Å². The molecule has 13 heavy (non-hydrogen) atoms. The Balaban J connectivity index is 0.000000310. The van der Waals surface area contributed by atoms with Gasteiger partial charge in [0.05, 0.1) is 0 Å². The van der Waals surface area contributed by atoms with Crippen LogP contribution in [0.4, 0.5) is 5.69 Å². The number of aliphatic carboxylic acids is 1. The summed E-state index contributed by atoms with van der Waals surface area (Å²) in [6.45, 7) is 0.972. The van der Waals surface area contributed by atoms with Crippen LogP contribution in [0.3, 0.4) is 0 Å².